The molecular formula is C26H30N2O4. The van der Waals surface area contributed by atoms with Crippen molar-refractivity contribution >= 4 is 23.0 Å². The van der Waals surface area contributed by atoms with E-state index in [4.69, 9.17) is 9.52 Å². The van der Waals surface area contributed by atoms with E-state index < -0.39 is 0 Å². The maximum absolute atomic E-state index is 13.0. The standard InChI is InChI=1S/C26H30N2O4/c1-25(2)12-19(29)23(20(30)13-25)17(27-16-8-6-5-7-9-16)10-11-18-24-21(31)14-26(3,4)15-22(24)32-28-18/h5-9,29H,10-15H2,1-4H3. The van der Waals surface area contributed by atoms with E-state index >= 15 is 0 Å². The van der Waals surface area contributed by atoms with Gasteiger partial charge in [-0.15, -0.1) is 0 Å². The van der Waals surface area contributed by atoms with Gasteiger partial charge in [0, 0.05) is 25.7 Å². The second-order valence-electron chi connectivity index (χ2n) is 10.5. The predicted octanol–water partition coefficient (Wildman–Crippen LogP) is 5.74. The van der Waals surface area contributed by atoms with Crippen molar-refractivity contribution in [1.29, 1.82) is 0 Å². The van der Waals surface area contributed by atoms with Gasteiger partial charge in [0.25, 0.3) is 0 Å². The predicted molar refractivity (Wildman–Crippen MR) is 122 cm³/mol. The van der Waals surface area contributed by atoms with Gasteiger partial charge in [-0.2, -0.15) is 0 Å². The summed E-state index contributed by atoms with van der Waals surface area (Å²) < 4.78 is 5.52. The van der Waals surface area contributed by atoms with Gasteiger partial charge in [-0.1, -0.05) is 51.1 Å². The molecular weight excluding hydrogens is 404 g/mol. The zero-order chi connectivity index (χ0) is 23.1. The second-order valence-corrected chi connectivity index (χ2v) is 10.5. The van der Waals surface area contributed by atoms with Gasteiger partial charge >= 0.3 is 0 Å². The highest BCUT2D eigenvalue weighted by molar-refractivity contribution is 6.23. The molecule has 0 saturated carbocycles. The van der Waals surface area contributed by atoms with Crippen LogP contribution in [0.5, 0.6) is 0 Å². The smallest absolute Gasteiger partial charge is 0.168 e. The number of carbonyl (C=O) groups excluding carboxylic acids is 2. The van der Waals surface area contributed by atoms with E-state index in [1.807, 2.05) is 58.0 Å². The lowest BCUT2D eigenvalue weighted by molar-refractivity contribution is -0.117. The topological polar surface area (TPSA) is 92.8 Å². The molecule has 1 N–H and O–H groups in total. The minimum atomic E-state index is -0.285. The Kier molecular flexibility index (Phi) is 5.65. The first kappa shape index (κ1) is 22.2. The molecule has 1 heterocycles. The first-order valence-electron chi connectivity index (χ1n) is 11.1. The summed E-state index contributed by atoms with van der Waals surface area (Å²) in [5.74, 6) is 0.668. The summed E-state index contributed by atoms with van der Waals surface area (Å²) in [6.45, 7) is 8.04. The number of aromatic nitrogens is 1. The van der Waals surface area contributed by atoms with Gasteiger partial charge in [0.1, 0.15) is 11.5 Å². The highest BCUT2D eigenvalue weighted by atomic mass is 16.5. The number of rotatable bonds is 5. The monoisotopic (exact) mass is 434 g/mol. The highest BCUT2D eigenvalue weighted by Crippen LogP contribution is 2.38. The Bertz CT molecular complexity index is 1120. The van der Waals surface area contributed by atoms with Crippen molar-refractivity contribution in [2.75, 3.05) is 0 Å². The summed E-state index contributed by atoms with van der Waals surface area (Å²) >= 11 is 0. The van der Waals surface area contributed by atoms with Gasteiger partial charge in [-0.25, -0.2) is 0 Å². The number of hydrogen-bond acceptors (Lipinski definition) is 6. The van der Waals surface area contributed by atoms with E-state index in [1.165, 1.54) is 0 Å². The maximum Gasteiger partial charge on any atom is 0.168 e. The molecule has 0 aliphatic heterocycles. The van der Waals surface area contributed by atoms with Crippen LogP contribution in [0.15, 0.2) is 51.2 Å². The van der Waals surface area contributed by atoms with Crippen molar-refractivity contribution in [1.82, 2.24) is 5.16 Å². The quantitative estimate of drug-likeness (QED) is 0.606. The van der Waals surface area contributed by atoms with Crippen molar-refractivity contribution in [2.24, 2.45) is 15.8 Å². The molecule has 2 aromatic rings. The Morgan fingerprint density at radius 1 is 1.00 bits per heavy atom. The average molecular weight is 435 g/mol. The Morgan fingerprint density at radius 2 is 1.66 bits per heavy atom. The van der Waals surface area contributed by atoms with Gasteiger partial charge in [0.2, 0.25) is 0 Å². The number of aliphatic hydroxyl groups is 1. The van der Waals surface area contributed by atoms with Crippen LogP contribution in [-0.4, -0.2) is 27.5 Å². The van der Waals surface area contributed by atoms with Gasteiger partial charge in [0.15, 0.2) is 11.6 Å². The third-order valence-electron chi connectivity index (χ3n) is 6.15. The SMILES string of the molecule is CC1(C)CC(=O)C(C(CCc2noc3c2C(=O)CC(C)(C)C3)=Nc2ccccc2)=C(O)C1. The van der Waals surface area contributed by atoms with Crippen LogP contribution < -0.4 is 0 Å². The van der Waals surface area contributed by atoms with Crippen molar-refractivity contribution in [2.45, 2.75) is 66.2 Å². The van der Waals surface area contributed by atoms with Gasteiger partial charge in [-0.05, 0) is 35.8 Å². The van der Waals surface area contributed by atoms with Crippen LogP contribution in [0.2, 0.25) is 0 Å². The molecule has 0 saturated heterocycles. The summed E-state index contributed by atoms with van der Waals surface area (Å²) in [5, 5.41) is 14.9. The van der Waals surface area contributed by atoms with E-state index in [0.29, 0.717) is 72.5 Å². The number of aliphatic hydroxyl groups excluding tert-OH is 1. The largest absolute Gasteiger partial charge is 0.511 e. The Balaban J connectivity index is 1.67. The number of nitrogens with zero attached hydrogens (tertiary/aromatic N) is 2. The van der Waals surface area contributed by atoms with Gasteiger partial charge < -0.3 is 9.63 Å². The van der Waals surface area contributed by atoms with E-state index in [-0.39, 0.29) is 28.2 Å². The normalized spacial score (nSPS) is 20.4. The number of allylic oxidation sites excluding steroid dienone is 2. The molecule has 2 aliphatic carbocycles. The summed E-state index contributed by atoms with van der Waals surface area (Å²) in [6, 6.07) is 9.38. The molecule has 1 aromatic heterocycles. The molecule has 6 nitrogen and oxygen atoms in total. The fraction of sp³-hybridized carbons (Fsp3) is 0.462. The highest BCUT2D eigenvalue weighted by Gasteiger charge is 2.37. The number of para-hydroxylation sites is 1. The van der Waals surface area contributed by atoms with Crippen molar-refractivity contribution in [3.63, 3.8) is 0 Å². The summed E-state index contributed by atoms with van der Waals surface area (Å²) in [5.41, 5.74) is 2.29. The fourth-order valence-corrected chi connectivity index (χ4v) is 4.74. The minimum Gasteiger partial charge on any atom is -0.511 e. The Morgan fingerprint density at radius 3 is 2.34 bits per heavy atom. The Hall–Kier alpha value is -3.02. The molecule has 2 aliphatic rings. The molecule has 0 bridgehead atoms. The number of fused-ring (bicyclic) bond motifs is 1. The van der Waals surface area contributed by atoms with E-state index in [0.717, 1.165) is 0 Å². The molecule has 6 heteroatoms. The summed E-state index contributed by atoms with van der Waals surface area (Å²) in [7, 11) is 0. The fourth-order valence-electron chi connectivity index (χ4n) is 4.74. The average Bonchev–Trinajstić information content (AvgIpc) is 3.07. The third kappa shape index (κ3) is 4.59. The van der Waals surface area contributed by atoms with E-state index in [9.17, 15) is 14.7 Å². The van der Waals surface area contributed by atoms with Crippen LogP contribution in [0.4, 0.5) is 5.69 Å². The lowest BCUT2D eigenvalue weighted by atomic mass is 9.74. The van der Waals surface area contributed by atoms with Crippen molar-refractivity contribution < 1.29 is 19.2 Å². The van der Waals surface area contributed by atoms with Crippen LogP contribution in [0.3, 0.4) is 0 Å². The van der Waals surface area contributed by atoms with Crippen LogP contribution >= 0.6 is 0 Å². The molecule has 0 amide bonds. The number of aliphatic imine (C=N–C) groups is 1. The molecule has 4 rings (SSSR count). The molecule has 0 spiro atoms. The Labute approximate surface area is 188 Å². The maximum atomic E-state index is 13.0. The zero-order valence-electron chi connectivity index (χ0n) is 19.2. The lowest BCUT2D eigenvalue weighted by Gasteiger charge is -2.30. The van der Waals surface area contributed by atoms with Crippen LogP contribution in [0.25, 0.3) is 0 Å². The number of hydrogen-bond donors (Lipinski definition) is 1. The van der Waals surface area contributed by atoms with E-state index in [2.05, 4.69) is 5.16 Å². The van der Waals surface area contributed by atoms with Crippen molar-refractivity contribution in [3.8, 4) is 0 Å². The van der Waals surface area contributed by atoms with Gasteiger partial charge in [-0.3, -0.25) is 14.6 Å². The first-order chi connectivity index (χ1) is 15.0. The molecule has 168 valence electrons. The van der Waals surface area contributed by atoms with Crippen LogP contribution in [-0.2, 0) is 17.6 Å². The molecule has 0 fully saturated rings. The number of benzene rings is 1. The second kappa shape index (κ2) is 8.15. The number of carbonyl (C=O) groups is 2. The number of Topliss-reactive ketones (excluding diaryl/α,β-unsaturated/α-hetero) is 2. The zero-order valence-corrected chi connectivity index (χ0v) is 19.2. The molecule has 0 radical (unpaired) electrons. The molecule has 0 unspecified atom stereocenters. The lowest BCUT2D eigenvalue weighted by Crippen LogP contribution is -2.29. The molecule has 32 heavy (non-hydrogen) atoms. The van der Waals surface area contributed by atoms with Crippen LogP contribution in [0.1, 0.15) is 75.2 Å². The molecule has 0 atom stereocenters. The number of aryl methyl sites for hydroxylation is 1. The van der Waals surface area contributed by atoms with Crippen molar-refractivity contribution in [3.05, 3.63) is 58.7 Å². The van der Waals surface area contributed by atoms with Gasteiger partial charge in [0.05, 0.1) is 28.2 Å². The minimum absolute atomic E-state index is 0.0478. The third-order valence-corrected chi connectivity index (χ3v) is 6.15. The first-order valence-corrected chi connectivity index (χ1v) is 11.1. The summed E-state index contributed by atoms with van der Waals surface area (Å²) in [6.07, 6.45) is 2.69. The summed E-state index contributed by atoms with van der Waals surface area (Å²) in [4.78, 5) is 30.5. The molecule has 1 aromatic carbocycles. The van der Waals surface area contributed by atoms with Crippen LogP contribution in [0, 0.1) is 10.8 Å². The number of ketones is 2. The van der Waals surface area contributed by atoms with E-state index in [1.54, 1.807) is 0 Å².